The Bertz CT molecular complexity index is 460. The minimum Gasteiger partial charge on any atom is -0.494 e. The van der Waals surface area contributed by atoms with E-state index in [1.54, 1.807) is 31.2 Å². The van der Waals surface area contributed by atoms with Crippen molar-refractivity contribution in [1.29, 1.82) is 0 Å². The number of hydrogen-bond acceptors (Lipinski definition) is 3. The molecule has 0 heterocycles. The van der Waals surface area contributed by atoms with Crippen LogP contribution in [0, 0.1) is 0 Å². The molecular formula is C15H23N3O3. The number of hydrogen-bond donors (Lipinski definition) is 3. The molecule has 0 saturated heterocycles. The predicted molar refractivity (Wildman–Crippen MR) is 82.5 cm³/mol. The van der Waals surface area contributed by atoms with E-state index in [2.05, 4.69) is 16.0 Å². The molecule has 1 rings (SSSR count). The Hall–Kier alpha value is -2.24. The molecule has 0 saturated carbocycles. The molecule has 3 amide bonds. The largest absolute Gasteiger partial charge is 0.494 e. The molecule has 0 spiro atoms. The van der Waals surface area contributed by atoms with E-state index in [-0.39, 0.29) is 5.91 Å². The molecule has 0 aromatic heterocycles. The van der Waals surface area contributed by atoms with Crippen LogP contribution in [0.3, 0.4) is 0 Å². The molecule has 0 bridgehead atoms. The van der Waals surface area contributed by atoms with Gasteiger partial charge in [-0.25, -0.2) is 4.79 Å². The quantitative estimate of drug-likeness (QED) is 0.720. The van der Waals surface area contributed by atoms with Crippen molar-refractivity contribution in [1.82, 2.24) is 10.6 Å². The molecule has 0 aliphatic carbocycles. The third-order valence-corrected chi connectivity index (χ3v) is 2.71. The van der Waals surface area contributed by atoms with Crippen molar-refractivity contribution < 1.29 is 14.3 Å². The summed E-state index contributed by atoms with van der Waals surface area (Å²) in [6.07, 6.45) is 0.858. The highest BCUT2D eigenvalue weighted by Crippen LogP contribution is 2.15. The van der Waals surface area contributed by atoms with Gasteiger partial charge in [0.1, 0.15) is 11.8 Å². The van der Waals surface area contributed by atoms with E-state index in [1.165, 1.54) is 0 Å². The van der Waals surface area contributed by atoms with Crippen LogP contribution in [0.25, 0.3) is 0 Å². The van der Waals surface area contributed by atoms with Crippen LogP contribution in [0.1, 0.15) is 27.2 Å². The topological polar surface area (TPSA) is 79.5 Å². The van der Waals surface area contributed by atoms with Crippen LogP contribution in [-0.4, -0.2) is 31.1 Å². The molecule has 3 N–H and O–H groups in total. The Morgan fingerprint density at radius 3 is 2.43 bits per heavy atom. The van der Waals surface area contributed by atoms with Crippen LogP contribution in [0.2, 0.25) is 0 Å². The molecule has 0 aliphatic rings. The Kier molecular flexibility index (Phi) is 7.08. The first kappa shape index (κ1) is 16.8. The molecule has 21 heavy (non-hydrogen) atoms. The molecule has 0 radical (unpaired) electrons. The number of carbonyl (C=O) groups excluding carboxylic acids is 2. The van der Waals surface area contributed by atoms with Crippen LogP contribution < -0.4 is 20.7 Å². The fraction of sp³-hybridized carbons (Fsp3) is 0.467. The number of urea groups is 1. The summed E-state index contributed by atoms with van der Waals surface area (Å²) in [4.78, 5) is 23.4. The van der Waals surface area contributed by atoms with Crippen LogP contribution >= 0.6 is 0 Å². The summed E-state index contributed by atoms with van der Waals surface area (Å²) in [7, 11) is 0. The lowest BCUT2D eigenvalue weighted by molar-refractivity contribution is -0.122. The van der Waals surface area contributed by atoms with E-state index >= 15 is 0 Å². The molecule has 1 atom stereocenters. The summed E-state index contributed by atoms with van der Waals surface area (Å²) in [5, 5.41) is 7.98. The average molecular weight is 293 g/mol. The van der Waals surface area contributed by atoms with E-state index in [0.29, 0.717) is 18.8 Å². The molecule has 116 valence electrons. The first-order valence-electron chi connectivity index (χ1n) is 7.14. The molecule has 1 aromatic carbocycles. The number of anilines is 1. The van der Waals surface area contributed by atoms with Gasteiger partial charge in [0.15, 0.2) is 0 Å². The maximum absolute atomic E-state index is 11.8. The standard InChI is InChI=1S/C15H23N3O3/c1-4-10-16-14(19)11(3)17-15(20)18-12-6-8-13(9-7-12)21-5-2/h6-9,11H,4-5,10H2,1-3H3,(H,16,19)(H2,17,18,20). The van der Waals surface area contributed by atoms with Gasteiger partial charge < -0.3 is 20.7 Å². The summed E-state index contributed by atoms with van der Waals surface area (Å²) < 4.78 is 5.32. The second-order valence-corrected chi connectivity index (χ2v) is 4.57. The van der Waals surface area contributed by atoms with Gasteiger partial charge in [0.05, 0.1) is 6.61 Å². The van der Waals surface area contributed by atoms with Gasteiger partial charge in [-0.15, -0.1) is 0 Å². The van der Waals surface area contributed by atoms with Crippen LogP contribution in [-0.2, 0) is 4.79 Å². The summed E-state index contributed by atoms with van der Waals surface area (Å²) >= 11 is 0. The minimum absolute atomic E-state index is 0.196. The number of benzene rings is 1. The molecule has 6 nitrogen and oxygen atoms in total. The maximum atomic E-state index is 11.8. The SMILES string of the molecule is CCCNC(=O)C(C)NC(=O)Nc1ccc(OCC)cc1. The summed E-state index contributed by atoms with van der Waals surface area (Å²) in [5.41, 5.74) is 0.636. The molecule has 6 heteroatoms. The van der Waals surface area contributed by atoms with Gasteiger partial charge in [-0.3, -0.25) is 4.79 Å². The first-order chi connectivity index (χ1) is 10.1. The van der Waals surface area contributed by atoms with E-state index in [4.69, 9.17) is 4.74 Å². The normalized spacial score (nSPS) is 11.4. The zero-order valence-corrected chi connectivity index (χ0v) is 12.7. The van der Waals surface area contributed by atoms with E-state index in [0.717, 1.165) is 12.2 Å². The van der Waals surface area contributed by atoms with E-state index in [9.17, 15) is 9.59 Å². The van der Waals surface area contributed by atoms with Crippen LogP contribution in [0.15, 0.2) is 24.3 Å². The van der Waals surface area contributed by atoms with Gasteiger partial charge in [-0.2, -0.15) is 0 Å². The Morgan fingerprint density at radius 2 is 1.86 bits per heavy atom. The smallest absolute Gasteiger partial charge is 0.319 e. The van der Waals surface area contributed by atoms with Gasteiger partial charge in [-0.05, 0) is 44.5 Å². The molecule has 0 fully saturated rings. The van der Waals surface area contributed by atoms with Crippen molar-refractivity contribution in [2.75, 3.05) is 18.5 Å². The van der Waals surface area contributed by atoms with E-state index < -0.39 is 12.1 Å². The molecular weight excluding hydrogens is 270 g/mol. The minimum atomic E-state index is -0.584. The fourth-order valence-corrected chi connectivity index (χ4v) is 1.63. The highest BCUT2D eigenvalue weighted by Gasteiger charge is 2.14. The Labute approximate surface area is 125 Å². The highest BCUT2D eigenvalue weighted by atomic mass is 16.5. The molecule has 0 aliphatic heterocycles. The van der Waals surface area contributed by atoms with Crippen LogP contribution in [0.4, 0.5) is 10.5 Å². The number of carbonyl (C=O) groups is 2. The summed E-state index contributed by atoms with van der Waals surface area (Å²) in [6, 6.07) is 6.03. The van der Waals surface area contributed by atoms with Crippen molar-refractivity contribution in [3.63, 3.8) is 0 Å². The second-order valence-electron chi connectivity index (χ2n) is 4.57. The van der Waals surface area contributed by atoms with Gasteiger partial charge >= 0.3 is 6.03 Å². The number of rotatable bonds is 7. The highest BCUT2D eigenvalue weighted by molar-refractivity contribution is 5.93. The van der Waals surface area contributed by atoms with Crippen molar-refractivity contribution >= 4 is 17.6 Å². The average Bonchev–Trinajstić information content (AvgIpc) is 2.46. The van der Waals surface area contributed by atoms with Crippen molar-refractivity contribution in [2.24, 2.45) is 0 Å². The molecule has 1 unspecified atom stereocenters. The Morgan fingerprint density at radius 1 is 1.19 bits per heavy atom. The molecule has 1 aromatic rings. The van der Waals surface area contributed by atoms with E-state index in [1.807, 2.05) is 13.8 Å². The number of amides is 3. The lowest BCUT2D eigenvalue weighted by Gasteiger charge is -2.14. The van der Waals surface area contributed by atoms with Gasteiger partial charge in [0.2, 0.25) is 5.91 Å². The predicted octanol–water partition coefficient (Wildman–Crippen LogP) is 2.12. The number of ether oxygens (including phenoxy) is 1. The first-order valence-corrected chi connectivity index (χ1v) is 7.14. The van der Waals surface area contributed by atoms with Gasteiger partial charge in [-0.1, -0.05) is 6.92 Å². The monoisotopic (exact) mass is 293 g/mol. The third kappa shape index (κ3) is 6.16. The lowest BCUT2D eigenvalue weighted by Crippen LogP contribution is -2.46. The fourth-order valence-electron chi connectivity index (χ4n) is 1.63. The Balaban J connectivity index is 2.43. The third-order valence-electron chi connectivity index (χ3n) is 2.71. The zero-order valence-electron chi connectivity index (χ0n) is 12.7. The summed E-state index contributed by atoms with van der Waals surface area (Å²) in [5.74, 6) is 0.550. The van der Waals surface area contributed by atoms with Crippen molar-refractivity contribution in [3.05, 3.63) is 24.3 Å². The second kappa shape index (κ2) is 8.84. The van der Waals surface area contributed by atoms with Crippen molar-refractivity contribution in [2.45, 2.75) is 33.2 Å². The van der Waals surface area contributed by atoms with Gasteiger partial charge in [0, 0.05) is 12.2 Å². The number of nitrogens with one attached hydrogen (secondary N) is 3. The van der Waals surface area contributed by atoms with Gasteiger partial charge in [0.25, 0.3) is 0 Å². The van der Waals surface area contributed by atoms with Crippen LogP contribution in [0.5, 0.6) is 5.75 Å². The zero-order chi connectivity index (χ0) is 15.7. The summed E-state index contributed by atoms with van der Waals surface area (Å²) in [6.45, 7) is 6.72. The maximum Gasteiger partial charge on any atom is 0.319 e. The lowest BCUT2D eigenvalue weighted by atomic mass is 10.3. The van der Waals surface area contributed by atoms with Crippen molar-refractivity contribution in [3.8, 4) is 5.75 Å².